The maximum absolute atomic E-state index is 12.7. The number of para-hydroxylation sites is 1. The summed E-state index contributed by atoms with van der Waals surface area (Å²) in [5.74, 6) is 1.18. The van der Waals surface area contributed by atoms with Crippen LogP contribution in [0.3, 0.4) is 0 Å². The van der Waals surface area contributed by atoms with Crippen LogP contribution in [0.25, 0.3) is 6.08 Å². The summed E-state index contributed by atoms with van der Waals surface area (Å²) in [4.78, 5) is 25.4. The summed E-state index contributed by atoms with van der Waals surface area (Å²) < 4.78 is 0.796. The molecule has 0 spiro atoms. The quantitative estimate of drug-likeness (QED) is 0.319. The molecule has 0 aliphatic carbocycles. The number of carbonyl (C=O) groups excluding carboxylic acids is 2. The molecule has 1 N–H and O–H groups in total. The van der Waals surface area contributed by atoms with Gasteiger partial charge in [-0.2, -0.15) is 0 Å². The standard InChI is InChI=1S/C22H19NO2S2/c24-19(14-8-7-11-17-9-3-1-4-10-17)20(22-26-15-16-27-22)21(25)23-18-12-5-2-6-13-18/h1-14H,15-16H2,(H,23,25)/b11-7+,14-8+. The molecule has 1 amide bonds. The Morgan fingerprint density at radius 3 is 2.15 bits per heavy atom. The minimum absolute atomic E-state index is 0.218. The van der Waals surface area contributed by atoms with E-state index in [0.717, 1.165) is 21.3 Å². The molecule has 0 unspecified atom stereocenters. The first kappa shape index (κ1) is 19.3. The molecule has 2 aromatic carbocycles. The second kappa shape index (κ2) is 10.00. The van der Waals surface area contributed by atoms with E-state index in [2.05, 4.69) is 5.32 Å². The number of carbonyl (C=O) groups is 2. The van der Waals surface area contributed by atoms with Crippen molar-refractivity contribution in [3.8, 4) is 0 Å². The van der Waals surface area contributed by atoms with E-state index in [1.54, 1.807) is 47.8 Å². The summed E-state index contributed by atoms with van der Waals surface area (Å²) in [5.41, 5.74) is 1.95. The zero-order valence-electron chi connectivity index (χ0n) is 14.6. The van der Waals surface area contributed by atoms with Crippen LogP contribution in [0.1, 0.15) is 5.56 Å². The van der Waals surface area contributed by atoms with Crippen molar-refractivity contribution in [1.29, 1.82) is 0 Å². The number of hydrogen-bond acceptors (Lipinski definition) is 4. The molecule has 1 saturated heterocycles. The molecule has 3 nitrogen and oxygen atoms in total. The molecular formula is C22H19NO2S2. The summed E-state index contributed by atoms with van der Waals surface area (Å²) in [6.07, 6.45) is 6.85. The lowest BCUT2D eigenvalue weighted by molar-refractivity contribution is -0.117. The van der Waals surface area contributed by atoms with Crippen LogP contribution in [0.4, 0.5) is 5.69 Å². The average molecular weight is 394 g/mol. The summed E-state index contributed by atoms with van der Waals surface area (Å²) in [5, 5.41) is 2.82. The van der Waals surface area contributed by atoms with E-state index in [1.807, 2.05) is 54.6 Å². The molecule has 1 aliphatic heterocycles. The molecular weight excluding hydrogens is 374 g/mol. The number of amides is 1. The molecule has 5 heteroatoms. The van der Waals surface area contributed by atoms with Crippen LogP contribution in [-0.4, -0.2) is 23.2 Å². The van der Waals surface area contributed by atoms with Crippen molar-refractivity contribution in [3.05, 3.63) is 94.3 Å². The average Bonchev–Trinajstić information content (AvgIpc) is 3.21. The first-order valence-electron chi connectivity index (χ1n) is 8.54. The topological polar surface area (TPSA) is 46.2 Å². The highest BCUT2D eigenvalue weighted by atomic mass is 32.2. The number of thioether (sulfide) groups is 2. The van der Waals surface area contributed by atoms with E-state index in [0.29, 0.717) is 5.69 Å². The fourth-order valence-corrected chi connectivity index (χ4v) is 4.98. The van der Waals surface area contributed by atoms with Crippen LogP contribution in [0, 0.1) is 0 Å². The first-order valence-corrected chi connectivity index (χ1v) is 10.5. The van der Waals surface area contributed by atoms with Gasteiger partial charge in [-0.1, -0.05) is 66.8 Å². The Morgan fingerprint density at radius 1 is 0.852 bits per heavy atom. The van der Waals surface area contributed by atoms with Gasteiger partial charge >= 0.3 is 0 Å². The summed E-state index contributed by atoms with van der Waals surface area (Å²) in [7, 11) is 0. The lowest BCUT2D eigenvalue weighted by Gasteiger charge is -2.09. The summed E-state index contributed by atoms with van der Waals surface area (Å²) in [6, 6.07) is 19.0. The molecule has 1 fully saturated rings. The van der Waals surface area contributed by atoms with Crippen LogP contribution in [-0.2, 0) is 9.59 Å². The van der Waals surface area contributed by atoms with Gasteiger partial charge in [0.05, 0.1) is 4.24 Å². The smallest absolute Gasteiger partial charge is 0.261 e. The number of benzene rings is 2. The van der Waals surface area contributed by atoms with Crippen molar-refractivity contribution in [2.45, 2.75) is 0 Å². The molecule has 2 aromatic rings. The molecule has 1 heterocycles. The van der Waals surface area contributed by atoms with Gasteiger partial charge in [-0.05, 0) is 23.8 Å². The molecule has 0 bridgehead atoms. The number of allylic oxidation sites excluding steroid dienone is 3. The second-order valence-corrected chi connectivity index (χ2v) is 8.14. The minimum Gasteiger partial charge on any atom is -0.322 e. The van der Waals surface area contributed by atoms with Gasteiger partial charge in [0.1, 0.15) is 5.57 Å². The maximum atomic E-state index is 12.7. The van der Waals surface area contributed by atoms with Gasteiger partial charge in [0.2, 0.25) is 0 Å². The van der Waals surface area contributed by atoms with Crippen molar-refractivity contribution < 1.29 is 9.59 Å². The van der Waals surface area contributed by atoms with E-state index >= 15 is 0 Å². The number of rotatable bonds is 6. The molecule has 136 valence electrons. The molecule has 0 saturated carbocycles. The highest BCUT2D eigenvalue weighted by Crippen LogP contribution is 2.39. The first-order chi connectivity index (χ1) is 13.2. The van der Waals surface area contributed by atoms with Crippen molar-refractivity contribution in [1.82, 2.24) is 0 Å². The van der Waals surface area contributed by atoms with E-state index in [-0.39, 0.29) is 17.3 Å². The van der Waals surface area contributed by atoms with E-state index in [1.165, 1.54) is 6.08 Å². The summed E-state index contributed by atoms with van der Waals surface area (Å²) in [6.45, 7) is 0. The second-order valence-electron chi connectivity index (χ2n) is 5.67. The third kappa shape index (κ3) is 5.74. The maximum Gasteiger partial charge on any atom is 0.261 e. The zero-order valence-corrected chi connectivity index (χ0v) is 16.3. The predicted octanol–water partition coefficient (Wildman–Crippen LogP) is 5.16. The molecule has 0 radical (unpaired) electrons. The Morgan fingerprint density at radius 2 is 1.48 bits per heavy atom. The zero-order chi connectivity index (χ0) is 18.9. The van der Waals surface area contributed by atoms with E-state index in [4.69, 9.17) is 0 Å². The number of anilines is 1. The number of hydrogen-bond donors (Lipinski definition) is 1. The fourth-order valence-electron chi connectivity index (χ4n) is 2.43. The Labute approximate surface area is 167 Å². The minimum atomic E-state index is -0.361. The SMILES string of the molecule is O=C(/C=C/C=C/c1ccccc1)C(C(=O)Nc1ccccc1)=C1SCCS1. The van der Waals surface area contributed by atoms with Gasteiger partial charge in [0, 0.05) is 17.2 Å². The molecule has 1 aliphatic rings. The van der Waals surface area contributed by atoms with E-state index in [9.17, 15) is 9.59 Å². The molecule has 0 atom stereocenters. The van der Waals surface area contributed by atoms with Gasteiger partial charge in [0.15, 0.2) is 5.78 Å². The molecule has 27 heavy (non-hydrogen) atoms. The van der Waals surface area contributed by atoms with Crippen molar-refractivity contribution in [2.24, 2.45) is 0 Å². The molecule has 3 rings (SSSR count). The Balaban J connectivity index is 1.74. The summed E-state index contributed by atoms with van der Waals surface area (Å²) >= 11 is 3.13. The van der Waals surface area contributed by atoms with E-state index < -0.39 is 0 Å². The number of nitrogens with one attached hydrogen (secondary N) is 1. The normalized spacial score (nSPS) is 14.0. The monoisotopic (exact) mass is 393 g/mol. The third-order valence-electron chi connectivity index (χ3n) is 3.71. The van der Waals surface area contributed by atoms with Crippen LogP contribution in [0.5, 0.6) is 0 Å². The number of ketones is 1. The largest absolute Gasteiger partial charge is 0.322 e. The Kier molecular flexibility index (Phi) is 7.13. The van der Waals surface area contributed by atoms with Crippen molar-refractivity contribution in [3.63, 3.8) is 0 Å². The van der Waals surface area contributed by atoms with Gasteiger partial charge < -0.3 is 5.32 Å². The van der Waals surface area contributed by atoms with Crippen LogP contribution in [0.2, 0.25) is 0 Å². The lowest BCUT2D eigenvalue weighted by Crippen LogP contribution is -2.20. The fraction of sp³-hybridized carbons (Fsp3) is 0.0909. The van der Waals surface area contributed by atoms with Crippen LogP contribution < -0.4 is 5.32 Å². The van der Waals surface area contributed by atoms with Crippen LogP contribution >= 0.6 is 23.5 Å². The Hall–Kier alpha value is -2.50. The van der Waals surface area contributed by atoms with Gasteiger partial charge in [-0.25, -0.2) is 0 Å². The van der Waals surface area contributed by atoms with Gasteiger partial charge in [0.25, 0.3) is 5.91 Å². The highest BCUT2D eigenvalue weighted by Gasteiger charge is 2.24. The van der Waals surface area contributed by atoms with Crippen molar-refractivity contribution in [2.75, 3.05) is 16.8 Å². The third-order valence-corrected chi connectivity index (χ3v) is 6.42. The van der Waals surface area contributed by atoms with Gasteiger partial charge in [-0.15, -0.1) is 23.5 Å². The van der Waals surface area contributed by atoms with Crippen LogP contribution in [0.15, 0.2) is 88.7 Å². The van der Waals surface area contributed by atoms with Crippen molar-refractivity contribution >= 4 is 47.0 Å². The molecule has 0 aromatic heterocycles. The lowest BCUT2D eigenvalue weighted by atomic mass is 10.1. The highest BCUT2D eigenvalue weighted by molar-refractivity contribution is 8.25. The Bertz CT molecular complexity index is 879. The van der Waals surface area contributed by atoms with Gasteiger partial charge in [-0.3, -0.25) is 9.59 Å². The predicted molar refractivity (Wildman–Crippen MR) is 117 cm³/mol.